The summed E-state index contributed by atoms with van der Waals surface area (Å²) in [6.45, 7) is 3.54. The van der Waals surface area contributed by atoms with Crippen molar-refractivity contribution in [3.63, 3.8) is 0 Å². The molecule has 0 aromatic heterocycles. The molecule has 0 unspecified atom stereocenters. The van der Waals surface area contributed by atoms with E-state index >= 15 is 0 Å². The molecule has 0 aliphatic heterocycles. The molecule has 0 spiro atoms. The van der Waals surface area contributed by atoms with Crippen molar-refractivity contribution < 1.29 is 4.79 Å². The Bertz CT molecular complexity index is 430. The summed E-state index contributed by atoms with van der Waals surface area (Å²) in [5, 5.41) is 6.72. The molecule has 98 valence electrons. The average molecular weight is 267 g/mol. The number of carbonyl (C=O) groups excluding carboxylic acids is 1. The van der Waals surface area contributed by atoms with E-state index in [4.69, 9.17) is 11.6 Å². The number of carbonyl (C=O) groups is 1. The fraction of sp³-hybridized carbons (Fsp3) is 0.500. The molecule has 2 N–H and O–H groups in total. The van der Waals surface area contributed by atoms with Gasteiger partial charge in [0.2, 0.25) is 0 Å². The summed E-state index contributed by atoms with van der Waals surface area (Å²) in [6.07, 6.45) is 3.72. The molecule has 0 radical (unpaired) electrons. The predicted octanol–water partition coefficient (Wildman–Crippen LogP) is 3.30. The van der Waals surface area contributed by atoms with Crippen molar-refractivity contribution in [1.82, 2.24) is 5.32 Å². The Morgan fingerprint density at radius 1 is 1.44 bits per heavy atom. The maximum Gasteiger partial charge on any atom is 0.253 e. The van der Waals surface area contributed by atoms with Crippen molar-refractivity contribution in [3.05, 3.63) is 28.8 Å². The summed E-state index contributed by atoms with van der Waals surface area (Å²) < 4.78 is 0. The first-order valence-corrected chi connectivity index (χ1v) is 6.90. The molecule has 4 heteroatoms. The molecule has 0 bridgehead atoms. The highest BCUT2D eigenvalue weighted by Crippen LogP contribution is 2.31. The van der Waals surface area contributed by atoms with E-state index in [1.54, 1.807) is 12.1 Å². The molecule has 18 heavy (non-hydrogen) atoms. The Morgan fingerprint density at radius 3 is 2.89 bits per heavy atom. The molecule has 2 rings (SSSR count). The number of rotatable bonds is 6. The van der Waals surface area contributed by atoms with Gasteiger partial charge in [-0.05, 0) is 37.5 Å². The molecular weight excluding hydrogens is 248 g/mol. The van der Waals surface area contributed by atoms with Crippen LogP contribution in [-0.4, -0.2) is 19.0 Å². The molecule has 1 aromatic carbocycles. The maximum absolute atomic E-state index is 12.1. The van der Waals surface area contributed by atoms with Gasteiger partial charge in [0, 0.05) is 23.8 Å². The van der Waals surface area contributed by atoms with Crippen LogP contribution in [0.15, 0.2) is 18.2 Å². The Balaban J connectivity index is 1.99. The van der Waals surface area contributed by atoms with Crippen LogP contribution in [0, 0.1) is 5.92 Å². The van der Waals surface area contributed by atoms with Crippen molar-refractivity contribution in [2.24, 2.45) is 5.92 Å². The molecular formula is C14H19ClN2O. The van der Waals surface area contributed by atoms with Crippen LogP contribution in [0.1, 0.15) is 36.5 Å². The fourth-order valence-electron chi connectivity index (χ4n) is 1.94. The second-order valence-electron chi connectivity index (χ2n) is 4.71. The van der Waals surface area contributed by atoms with E-state index in [1.165, 1.54) is 12.8 Å². The number of hydrogen-bond acceptors (Lipinski definition) is 2. The molecule has 1 amide bonds. The highest BCUT2D eigenvalue weighted by atomic mass is 35.5. The minimum absolute atomic E-state index is 0.0471. The maximum atomic E-state index is 12.1. The Kier molecular flexibility index (Phi) is 4.48. The van der Waals surface area contributed by atoms with Gasteiger partial charge in [-0.1, -0.05) is 24.4 Å². The van der Waals surface area contributed by atoms with E-state index in [9.17, 15) is 4.79 Å². The zero-order valence-corrected chi connectivity index (χ0v) is 11.4. The zero-order valence-electron chi connectivity index (χ0n) is 10.6. The van der Waals surface area contributed by atoms with Crippen LogP contribution in [0.4, 0.5) is 5.69 Å². The van der Waals surface area contributed by atoms with Gasteiger partial charge in [-0.15, -0.1) is 0 Å². The van der Waals surface area contributed by atoms with E-state index in [0.29, 0.717) is 10.6 Å². The molecule has 3 nitrogen and oxygen atoms in total. The quantitative estimate of drug-likeness (QED) is 0.829. The fourth-order valence-corrected chi connectivity index (χ4v) is 2.11. The molecule has 0 atom stereocenters. The average Bonchev–Trinajstić information content (AvgIpc) is 3.15. The number of halogens is 1. The number of nitrogens with one attached hydrogen (secondary N) is 2. The third kappa shape index (κ3) is 3.64. The molecule has 0 heterocycles. The molecule has 1 fully saturated rings. The first-order chi connectivity index (χ1) is 8.70. The molecule has 0 saturated heterocycles. The smallest absolute Gasteiger partial charge is 0.253 e. The van der Waals surface area contributed by atoms with Crippen LogP contribution in [0.25, 0.3) is 0 Å². The molecule has 1 aromatic rings. The number of benzene rings is 1. The van der Waals surface area contributed by atoms with Crippen LogP contribution >= 0.6 is 11.6 Å². The topological polar surface area (TPSA) is 41.1 Å². The predicted molar refractivity (Wildman–Crippen MR) is 75.3 cm³/mol. The van der Waals surface area contributed by atoms with Crippen molar-refractivity contribution in [1.29, 1.82) is 0 Å². The van der Waals surface area contributed by atoms with E-state index < -0.39 is 0 Å². The van der Waals surface area contributed by atoms with Gasteiger partial charge in [-0.25, -0.2) is 0 Å². The third-order valence-corrected chi connectivity index (χ3v) is 3.36. The minimum atomic E-state index is -0.0471. The second kappa shape index (κ2) is 6.10. The lowest BCUT2D eigenvalue weighted by molar-refractivity contribution is 0.0953. The monoisotopic (exact) mass is 266 g/mol. The SMILES string of the molecule is CCNc1ccc(Cl)cc1C(=O)NCCC1CC1. The first kappa shape index (κ1) is 13.2. The molecule has 1 aliphatic carbocycles. The molecule has 1 aliphatic rings. The summed E-state index contributed by atoms with van der Waals surface area (Å²) >= 11 is 5.95. The zero-order chi connectivity index (χ0) is 13.0. The largest absolute Gasteiger partial charge is 0.385 e. The van der Waals surface area contributed by atoms with Crippen LogP contribution < -0.4 is 10.6 Å². The van der Waals surface area contributed by atoms with Gasteiger partial charge in [-0.3, -0.25) is 4.79 Å². The number of hydrogen-bond donors (Lipinski definition) is 2. The molecule has 1 saturated carbocycles. The van der Waals surface area contributed by atoms with Crippen molar-refractivity contribution in [2.45, 2.75) is 26.2 Å². The number of amides is 1. The highest BCUT2D eigenvalue weighted by molar-refractivity contribution is 6.31. The van der Waals surface area contributed by atoms with Gasteiger partial charge in [0.15, 0.2) is 0 Å². The van der Waals surface area contributed by atoms with E-state index in [-0.39, 0.29) is 5.91 Å². The van der Waals surface area contributed by atoms with Gasteiger partial charge in [-0.2, -0.15) is 0 Å². The lowest BCUT2D eigenvalue weighted by atomic mass is 10.1. The van der Waals surface area contributed by atoms with Crippen molar-refractivity contribution in [2.75, 3.05) is 18.4 Å². The number of anilines is 1. The van der Waals surface area contributed by atoms with Crippen LogP contribution in [0.2, 0.25) is 5.02 Å². The lowest BCUT2D eigenvalue weighted by Crippen LogP contribution is -2.25. The second-order valence-corrected chi connectivity index (χ2v) is 5.14. The Morgan fingerprint density at radius 2 is 2.22 bits per heavy atom. The standard InChI is InChI=1S/C14H19ClN2O/c1-2-16-13-6-5-11(15)9-12(13)14(18)17-8-7-10-3-4-10/h5-6,9-10,16H,2-4,7-8H2,1H3,(H,17,18). The first-order valence-electron chi connectivity index (χ1n) is 6.52. The van der Waals surface area contributed by atoms with Crippen LogP contribution in [0.3, 0.4) is 0 Å². The lowest BCUT2D eigenvalue weighted by Gasteiger charge is -2.11. The van der Waals surface area contributed by atoms with Crippen LogP contribution in [0.5, 0.6) is 0 Å². The normalized spacial score (nSPS) is 14.3. The minimum Gasteiger partial charge on any atom is -0.385 e. The van der Waals surface area contributed by atoms with E-state index in [2.05, 4.69) is 10.6 Å². The third-order valence-electron chi connectivity index (χ3n) is 3.13. The highest BCUT2D eigenvalue weighted by Gasteiger charge is 2.21. The summed E-state index contributed by atoms with van der Waals surface area (Å²) in [6, 6.07) is 5.36. The Hall–Kier alpha value is -1.22. The van der Waals surface area contributed by atoms with Gasteiger partial charge >= 0.3 is 0 Å². The van der Waals surface area contributed by atoms with E-state index in [1.807, 2.05) is 13.0 Å². The van der Waals surface area contributed by atoms with Gasteiger partial charge in [0.05, 0.1) is 5.56 Å². The van der Waals surface area contributed by atoms with E-state index in [0.717, 1.165) is 31.1 Å². The van der Waals surface area contributed by atoms with Gasteiger partial charge in [0.1, 0.15) is 0 Å². The van der Waals surface area contributed by atoms with Crippen molar-refractivity contribution in [3.8, 4) is 0 Å². The summed E-state index contributed by atoms with van der Waals surface area (Å²) in [5.74, 6) is 0.784. The van der Waals surface area contributed by atoms with Crippen LogP contribution in [-0.2, 0) is 0 Å². The summed E-state index contributed by atoms with van der Waals surface area (Å²) in [7, 11) is 0. The summed E-state index contributed by atoms with van der Waals surface area (Å²) in [4.78, 5) is 12.1. The Labute approximate surface area is 113 Å². The van der Waals surface area contributed by atoms with Crippen molar-refractivity contribution >= 4 is 23.2 Å². The van der Waals surface area contributed by atoms with Gasteiger partial charge < -0.3 is 10.6 Å². The summed E-state index contributed by atoms with van der Waals surface area (Å²) in [5.41, 5.74) is 1.46. The van der Waals surface area contributed by atoms with Gasteiger partial charge in [0.25, 0.3) is 5.91 Å².